The fourth-order valence-corrected chi connectivity index (χ4v) is 3.87. The number of carbonyl (C=O) groups is 2. The number of benzene rings is 2. The average molecular weight is 499 g/mol. The van der Waals surface area contributed by atoms with Crippen LogP contribution in [-0.4, -0.2) is 54.9 Å². The quantitative estimate of drug-likeness (QED) is 0.508. The summed E-state index contributed by atoms with van der Waals surface area (Å²) in [5.74, 6) is 1.93. The van der Waals surface area contributed by atoms with Gasteiger partial charge in [-0.2, -0.15) is 0 Å². The van der Waals surface area contributed by atoms with Gasteiger partial charge in [-0.25, -0.2) is 0 Å². The van der Waals surface area contributed by atoms with Gasteiger partial charge in [-0.1, -0.05) is 28.1 Å². The number of furan rings is 1. The summed E-state index contributed by atoms with van der Waals surface area (Å²) in [5, 5.41) is 0. The second-order valence-electron chi connectivity index (χ2n) is 7.33. The molecule has 0 unspecified atom stereocenters. The van der Waals surface area contributed by atoms with Crippen LogP contribution in [0.15, 0.2) is 69.6 Å². The largest absolute Gasteiger partial charge is 0.497 e. The summed E-state index contributed by atoms with van der Waals surface area (Å²) in [7, 11) is 1.57. The first kappa shape index (κ1) is 22.0. The van der Waals surface area contributed by atoms with Crippen molar-refractivity contribution in [2.75, 3.05) is 33.3 Å². The number of rotatable bonds is 6. The molecule has 4 rings (SSSR count). The van der Waals surface area contributed by atoms with Gasteiger partial charge in [0.15, 0.2) is 5.76 Å². The van der Waals surface area contributed by atoms with Gasteiger partial charge >= 0.3 is 0 Å². The number of hydrogen-bond donors (Lipinski definition) is 0. The van der Waals surface area contributed by atoms with Gasteiger partial charge in [-0.15, -0.1) is 0 Å². The Kier molecular flexibility index (Phi) is 6.80. The Morgan fingerprint density at radius 3 is 2.31 bits per heavy atom. The van der Waals surface area contributed by atoms with E-state index in [-0.39, 0.29) is 24.2 Å². The molecule has 2 heterocycles. The Labute approximate surface area is 194 Å². The number of ether oxygens (including phenoxy) is 2. The third-order valence-corrected chi connectivity index (χ3v) is 5.71. The fraction of sp³-hybridized carbons (Fsp3) is 0.250. The van der Waals surface area contributed by atoms with Gasteiger partial charge in [0.25, 0.3) is 11.8 Å². The highest BCUT2D eigenvalue weighted by Crippen LogP contribution is 2.20. The second-order valence-corrected chi connectivity index (χ2v) is 8.24. The first-order valence-electron chi connectivity index (χ1n) is 10.2. The number of methoxy groups -OCH3 is 1. The summed E-state index contributed by atoms with van der Waals surface area (Å²) >= 11 is 3.40. The zero-order valence-electron chi connectivity index (χ0n) is 17.6. The van der Waals surface area contributed by atoms with Crippen LogP contribution in [-0.2, 0) is 6.61 Å². The third kappa shape index (κ3) is 5.13. The smallest absolute Gasteiger partial charge is 0.289 e. The maximum absolute atomic E-state index is 12.8. The van der Waals surface area contributed by atoms with Crippen molar-refractivity contribution in [2.24, 2.45) is 0 Å². The summed E-state index contributed by atoms with van der Waals surface area (Å²) < 4.78 is 17.5. The normalized spacial score (nSPS) is 13.7. The molecule has 166 valence electrons. The molecule has 2 amide bonds. The van der Waals surface area contributed by atoms with Crippen molar-refractivity contribution < 1.29 is 23.5 Å². The molecule has 0 saturated carbocycles. The van der Waals surface area contributed by atoms with Crippen LogP contribution in [0.25, 0.3) is 0 Å². The van der Waals surface area contributed by atoms with E-state index in [1.54, 1.807) is 53.3 Å². The molecule has 32 heavy (non-hydrogen) atoms. The molecular weight excluding hydrogens is 476 g/mol. The average Bonchev–Trinajstić information content (AvgIpc) is 3.31. The van der Waals surface area contributed by atoms with E-state index in [9.17, 15) is 9.59 Å². The number of piperazine rings is 1. The Morgan fingerprint density at radius 2 is 1.59 bits per heavy atom. The lowest BCUT2D eigenvalue weighted by Crippen LogP contribution is -2.50. The van der Waals surface area contributed by atoms with E-state index in [1.165, 1.54) is 0 Å². The van der Waals surface area contributed by atoms with Gasteiger partial charge in [-0.3, -0.25) is 9.59 Å². The molecule has 0 aliphatic carbocycles. The SMILES string of the molecule is COc1cccc(C(=O)N2CCN(C(=O)c3ccc(COc4cccc(Br)c4)o3)CC2)c1. The van der Waals surface area contributed by atoms with E-state index in [1.807, 2.05) is 24.3 Å². The van der Waals surface area contributed by atoms with E-state index in [4.69, 9.17) is 13.9 Å². The van der Waals surface area contributed by atoms with Crippen LogP contribution in [0.3, 0.4) is 0 Å². The van der Waals surface area contributed by atoms with E-state index in [0.717, 1.165) is 4.47 Å². The minimum Gasteiger partial charge on any atom is -0.497 e. The summed E-state index contributed by atoms with van der Waals surface area (Å²) in [5.41, 5.74) is 0.574. The molecule has 2 aromatic carbocycles. The molecule has 7 nitrogen and oxygen atoms in total. The number of hydrogen-bond acceptors (Lipinski definition) is 5. The molecule has 1 aliphatic rings. The van der Waals surface area contributed by atoms with Crippen LogP contribution in [0, 0.1) is 0 Å². The topological polar surface area (TPSA) is 72.2 Å². The fourth-order valence-electron chi connectivity index (χ4n) is 3.49. The zero-order chi connectivity index (χ0) is 22.5. The van der Waals surface area contributed by atoms with E-state index >= 15 is 0 Å². The summed E-state index contributed by atoms with van der Waals surface area (Å²) in [6.45, 7) is 2.04. The standard InChI is InChI=1S/C24H23BrN2O5/c1-30-19-6-2-4-17(14-19)23(28)26-10-12-27(13-11-26)24(29)22-9-8-21(32-22)16-31-20-7-3-5-18(25)15-20/h2-9,14-15H,10-13,16H2,1H3. The van der Waals surface area contributed by atoms with Crippen LogP contribution in [0.2, 0.25) is 0 Å². The zero-order valence-corrected chi connectivity index (χ0v) is 19.2. The second kappa shape index (κ2) is 9.91. The maximum atomic E-state index is 12.8. The first-order chi connectivity index (χ1) is 15.5. The number of amides is 2. The van der Waals surface area contributed by atoms with E-state index < -0.39 is 0 Å². The molecule has 8 heteroatoms. The lowest BCUT2D eigenvalue weighted by Gasteiger charge is -2.34. The van der Waals surface area contributed by atoms with Crippen molar-refractivity contribution in [3.63, 3.8) is 0 Å². The first-order valence-corrected chi connectivity index (χ1v) is 11.0. The molecule has 3 aromatic rings. The monoisotopic (exact) mass is 498 g/mol. The Morgan fingerprint density at radius 1 is 0.906 bits per heavy atom. The predicted molar refractivity (Wildman–Crippen MR) is 122 cm³/mol. The summed E-state index contributed by atoms with van der Waals surface area (Å²) in [4.78, 5) is 29.0. The van der Waals surface area contributed by atoms with Gasteiger partial charge in [0.1, 0.15) is 23.9 Å². The molecule has 0 radical (unpaired) electrons. The molecule has 1 fully saturated rings. The molecule has 0 spiro atoms. The highest BCUT2D eigenvalue weighted by molar-refractivity contribution is 9.10. The Hall–Kier alpha value is -3.26. The van der Waals surface area contributed by atoms with Gasteiger partial charge in [-0.05, 0) is 48.5 Å². The number of halogens is 1. The molecule has 0 atom stereocenters. The van der Waals surface area contributed by atoms with E-state index in [0.29, 0.717) is 49.0 Å². The minimum absolute atomic E-state index is 0.0685. The van der Waals surface area contributed by atoms with Crippen LogP contribution < -0.4 is 9.47 Å². The lowest BCUT2D eigenvalue weighted by molar-refractivity contribution is 0.0516. The van der Waals surface area contributed by atoms with Crippen LogP contribution in [0.4, 0.5) is 0 Å². The number of carbonyl (C=O) groups excluding carboxylic acids is 2. The molecule has 1 aromatic heterocycles. The molecular formula is C24H23BrN2O5. The maximum Gasteiger partial charge on any atom is 0.289 e. The minimum atomic E-state index is -0.188. The van der Waals surface area contributed by atoms with E-state index in [2.05, 4.69) is 15.9 Å². The summed E-state index contributed by atoms with van der Waals surface area (Å²) in [6, 6.07) is 18.0. The Balaban J connectivity index is 1.31. The number of nitrogens with zero attached hydrogens (tertiary/aromatic N) is 2. The lowest BCUT2D eigenvalue weighted by atomic mass is 10.1. The highest BCUT2D eigenvalue weighted by Gasteiger charge is 2.27. The third-order valence-electron chi connectivity index (χ3n) is 5.22. The summed E-state index contributed by atoms with van der Waals surface area (Å²) in [6.07, 6.45) is 0. The van der Waals surface area contributed by atoms with Gasteiger partial charge in [0.2, 0.25) is 0 Å². The van der Waals surface area contributed by atoms with Crippen molar-refractivity contribution in [2.45, 2.75) is 6.61 Å². The van der Waals surface area contributed by atoms with Crippen LogP contribution >= 0.6 is 15.9 Å². The van der Waals surface area contributed by atoms with Gasteiger partial charge in [0.05, 0.1) is 7.11 Å². The van der Waals surface area contributed by atoms with Crippen molar-refractivity contribution >= 4 is 27.7 Å². The van der Waals surface area contributed by atoms with Crippen LogP contribution in [0.5, 0.6) is 11.5 Å². The highest BCUT2D eigenvalue weighted by atomic mass is 79.9. The van der Waals surface area contributed by atoms with Crippen molar-refractivity contribution in [1.29, 1.82) is 0 Å². The van der Waals surface area contributed by atoms with Crippen molar-refractivity contribution in [3.8, 4) is 11.5 Å². The van der Waals surface area contributed by atoms with Crippen molar-refractivity contribution in [1.82, 2.24) is 9.80 Å². The molecule has 0 bridgehead atoms. The predicted octanol–water partition coefficient (Wildman–Crippen LogP) is 4.23. The molecule has 1 aliphatic heterocycles. The van der Waals surface area contributed by atoms with Gasteiger partial charge < -0.3 is 23.7 Å². The molecule has 1 saturated heterocycles. The van der Waals surface area contributed by atoms with Gasteiger partial charge in [0, 0.05) is 36.2 Å². The molecule has 0 N–H and O–H groups in total. The Bertz CT molecular complexity index is 1110. The van der Waals surface area contributed by atoms with Crippen LogP contribution in [0.1, 0.15) is 26.7 Å². The van der Waals surface area contributed by atoms with Crippen molar-refractivity contribution in [3.05, 3.63) is 82.2 Å².